The van der Waals surface area contributed by atoms with Crippen molar-refractivity contribution < 1.29 is 0 Å². The standard InChI is InChI=1S/C17H34N2/c1-3-4-6-11-18-12-8-10-17(14-18)15-19-13-7-5-9-16(19)2/h16-17H,3-15H2,1-2H3. The Bertz CT molecular complexity index is 241. The Morgan fingerprint density at radius 2 is 1.89 bits per heavy atom. The van der Waals surface area contributed by atoms with Gasteiger partial charge in [0.1, 0.15) is 0 Å². The van der Waals surface area contributed by atoms with E-state index < -0.39 is 0 Å². The third-order valence-corrected chi connectivity index (χ3v) is 5.11. The fourth-order valence-corrected chi connectivity index (χ4v) is 3.85. The van der Waals surface area contributed by atoms with Gasteiger partial charge in [-0.2, -0.15) is 0 Å². The molecule has 0 aromatic rings. The van der Waals surface area contributed by atoms with Crippen molar-refractivity contribution in [2.45, 2.75) is 71.3 Å². The zero-order valence-corrected chi connectivity index (χ0v) is 13.2. The van der Waals surface area contributed by atoms with Gasteiger partial charge in [-0.3, -0.25) is 0 Å². The Hall–Kier alpha value is -0.0800. The minimum Gasteiger partial charge on any atom is -0.303 e. The van der Waals surface area contributed by atoms with Gasteiger partial charge in [0.05, 0.1) is 0 Å². The second-order valence-electron chi connectivity index (χ2n) is 6.86. The first-order valence-corrected chi connectivity index (χ1v) is 8.76. The molecule has 2 saturated heterocycles. The van der Waals surface area contributed by atoms with Crippen molar-refractivity contribution in [3.05, 3.63) is 0 Å². The van der Waals surface area contributed by atoms with E-state index in [-0.39, 0.29) is 0 Å². The highest BCUT2D eigenvalue weighted by atomic mass is 15.2. The maximum Gasteiger partial charge on any atom is 0.00670 e. The number of piperidine rings is 2. The second kappa shape index (κ2) is 8.26. The summed E-state index contributed by atoms with van der Waals surface area (Å²) in [6, 6.07) is 0.837. The zero-order chi connectivity index (χ0) is 13.5. The fourth-order valence-electron chi connectivity index (χ4n) is 3.85. The van der Waals surface area contributed by atoms with Crippen LogP contribution in [0.15, 0.2) is 0 Å². The molecule has 2 nitrogen and oxygen atoms in total. The average Bonchev–Trinajstić information content (AvgIpc) is 2.42. The van der Waals surface area contributed by atoms with Crippen molar-refractivity contribution in [1.82, 2.24) is 9.80 Å². The summed E-state index contributed by atoms with van der Waals surface area (Å²) in [4.78, 5) is 5.50. The lowest BCUT2D eigenvalue weighted by atomic mass is 9.94. The van der Waals surface area contributed by atoms with E-state index in [1.165, 1.54) is 84.1 Å². The first-order chi connectivity index (χ1) is 9.29. The van der Waals surface area contributed by atoms with Crippen LogP contribution in [0.25, 0.3) is 0 Å². The molecule has 2 heterocycles. The lowest BCUT2D eigenvalue weighted by molar-refractivity contribution is 0.0933. The molecule has 0 N–H and O–H groups in total. The molecule has 0 saturated carbocycles. The van der Waals surface area contributed by atoms with Gasteiger partial charge in [0.15, 0.2) is 0 Å². The maximum absolute atomic E-state index is 2.77. The van der Waals surface area contributed by atoms with Crippen LogP contribution in [0, 0.1) is 5.92 Å². The largest absolute Gasteiger partial charge is 0.303 e. The molecule has 0 bridgehead atoms. The summed E-state index contributed by atoms with van der Waals surface area (Å²) < 4.78 is 0. The molecular formula is C17H34N2. The lowest BCUT2D eigenvalue weighted by Gasteiger charge is -2.39. The molecule has 0 aromatic heterocycles. The van der Waals surface area contributed by atoms with Crippen LogP contribution in [-0.2, 0) is 0 Å². The first-order valence-electron chi connectivity index (χ1n) is 8.76. The second-order valence-corrected chi connectivity index (χ2v) is 6.86. The number of rotatable bonds is 6. The molecule has 0 aromatic carbocycles. The Kier molecular flexibility index (Phi) is 6.66. The monoisotopic (exact) mass is 266 g/mol. The van der Waals surface area contributed by atoms with Gasteiger partial charge in [-0.05, 0) is 64.6 Å². The van der Waals surface area contributed by atoms with Gasteiger partial charge < -0.3 is 9.80 Å². The molecule has 2 fully saturated rings. The van der Waals surface area contributed by atoms with Crippen molar-refractivity contribution in [3.63, 3.8) is 0 Å². The van der Waals surface area contributed by atoms with Crippen LogP contribution >= 0.6 is 0 Å². The van der Waals surface area contributed by atoms with E-state index in [2.05, 4.69) is 23.6 Å². The summed E-state index contributed by atoms with van der Waals surface area (Å²) in [5.74, 6) is 0.941. The van der Waals surface area contributed by atoms with E-state index in [0.717, 1.165) is 12.0 Å². The predicted molar refractivity (Wildman–Crippen MR) is 83.6 cm³/mol. The van der Waals surface area contributed by atoms with Gasteiger partial charge >= 0.3 is 0 Å². The summed E-state index contributed by atoms with van der Waals surface area (Å²) in [5, 5.41) is 0. The molecule has 2 rings (SSSR count). The highest BCUT2D eigenvalue weighted by molar-refractivity contribution is 4.80. The fraction of sp³-hybridized carbons (Fsp3) is 1.00. The number of hydrogen-bond acceptors (Lipinski definition) is 2. The minimum atomic E-state index is 0.837. The SMILES string of the molecule is CCCCCN1CCCC(CN2CCCCC2C)C1. The van der Waals surface area contributed by atoms with Crippen LogP contribution in [0.2, 0.25) is 0 Å². The number of unbranched alkanes of at least 4 members (excludes halogenated alkanes) is 2. The molecule has 0 spiro atoms. The summed E-state index contributed by atoms with van der Waals surface area (Å²) in [5.41, 5.74) is 0. The molecular weight excluding hydrogens is 232 g/mol. The number of likely N-dealkylation sites (tertiary alicyclic amines) is 2. The molecule has 0 radical (unpaired) electrons. The third kappa shape index (κ3) is 5.07. The van der Waals surface area contributed by atoms with E-state index >= 15 is 0 Å². The molecule has 19 heavy (non-hydrogen) atoms. The topological polar surface area (TPSA) is 6.48 Å². The Morgan fingerprint density at radius 1 is 1.00 bits per heavy atom. The molecule has 112 valence electrons. The molecule has 0 amide bonds. The predicted octanol–water partition coefficient (Wildman–Crippen LogP) is 3.76. The van der Waals surface area contributed by atoms with Crippen molar-refractivity contribution in [1.29, 1.82) is 0 Å². The highest BCUT2D eigenvalue weighted by Gasteiger charge is 2.25. The quantitative estimate of drug-likeness (QED) is 0.675. The minimum absolute atomic E-state index is 0.837. The Labute approximate surface area is 120 Å². The lowest BCUT2D eigenvalue weighted by Crippen LogP contribution is -2.45. The molecule has 0 aliphatic carbocycles. The number of nitrogens with zero attached hydrogens (tertiary/aromatic N) is 2. The van der Waals surface area contributed by atoms with Crippen LogP contribution in [0.5, 0.6) is 0 Å². The van der Waals surface area contributed by atoms with Crippen LogP contribution in [0.3, 0.4) is 0 Å². The van der Waals surface area contributed by atoms with Crippen LogP contribution in [-0.4, -0.2) is 48.6 Å². The molecule has 2 heteroatoms. The van der Waals surface area contributed by atoms with Gasteiger partial charge in [-0.25, -0.2) is 0 Å². The van der Waals surface area contributed by atoms with E-state index in [1.54, 1.807) is 0 Å². The van der Waals surface area contributed by atoms with E-state index in [9.17, 15) is 0 Å². The van der Waals surface area contributed by atoms with Gasteiger partial charge in [-0.15, -0.1) is 0 Å². The summed E-state index contributed by atoms with van der Waals surface area (Å²) >= 11 is 0. The van der Waals surface area contributed by atoms with E-state index in [4.69, 9.17) is 0 Å². The van der Waals surface area contributed by atoms with Crippen molar-refractivity contribution >= 4 is 0 Å². The zero-order valence-electron chi connectivity index (χ0n) is 13.2. The molecule has 2 unspecified atom stereocenters. The number of hydrogen-bond donors (Lipinski definition) is 0. The van der Waals surface area contributed by atoms with Crippen molar-refractivity contribution in [3.8, 4) is 0 Å². The van der Waals surface area contributed by atoms with Crippen molar-refractivity contribution in [2.75, 3.05) is 32.7 Å². The van der Waals surface area contributed by atoms with E-state index in [0.29, 0.717) is 0 Å². The smallest absolute Gasteiger partial charge is 0.00670 e. The maximum atomic E-state index is 2.77. The average molecular weight is 266 g/mol. The third-order valence-electron chi connectivity index (χ3n) is 5.11. The Balaban J connectivity index is 1.70. The summed E-state index contributed by atoms with van der Waals surface area (Å²) in [7, 11) is 0. The first kappa shape index (κ1) is 15.3. The van der Waals surface area contributed by atoms with Crippen LogP contribution in [0.4, 0.5) is 0 Å². The van der Waals surface area contributed by atoms with E-state index in [1.807, 2.05) is 0 Å². The summed E-state index contributed by atoms with van der Waals surface area (Å²) in [6.07, 6.45) is 11.4. The van der Waals surface area contributed by atoms with Crippen molar-refractivity contribution in [2.24, 2.45) is 5.92 Å². The van der Waals surface area contributed by atoms with Gasteiger partial charge in [0.25, 0.3) is 0 Å². The van der Waals surface area contributed by atoms with Gasteiger partial charge in [0.2, 0.25) is 0 Å². The van der Waals surface area contributed by atoms with Gasteiger partial charge in [0, 0.05) is 19.1 Å². The van der Waals surface area contributed by atoms with Gasteiger partial charge in [-0.1, -0.05) is 26.2 Å². The van der Waals surface area contributed by atoms with Crippen LogP contribution < -0.4 is 0 Å². The molecule has 2 atom stereocenters. The van der Waals surface area contributed by atoms with Crippen LogP contribution in [0.1, 0.15) is 65.2 Å². The Morgan fingerprint density at radius 3 is 2.68 bits per heavy atom. The molecule has 2 aliphatic rings. The normalized spacial score (nSPS) is 30.6. The molecule has 2 aliphatic heterocycles. The highest BCUT2D eigenvalue weighted by Crippen LogP contribution is 2.22. The summed E-state index contributed by atoms with van der Waals surface area (Å²) in [6.45, 7) is 11.5.